The third-order valence-electron chi connectivity index (χ3n) is 13.0. The first-order valence-corrected chi connectivity index (χ1v) is 27.8. The van der Waals surface area contributed by atoms with Crippen LogP contribution in [0.2, 0.25) is 0 Å². The molecule has 1 rings (SSSR count). The fourth-order valence-corrected chi connectivity index (χ4v) is 8.33. The van der Waals surface area contributed by atoms with Crippen molar-refractivity contribution in [3.8, 4) is 0 Å². The average Bonchev–Trinajstić information content (AvgIpc) is 4.18. The molecule has 1 aliphatic rings. The molecule has 11 amide bonds. The number of aliphatic hydroxyl groups excluding tert-OH is 2. The Kier molecular flexibility index (Phi) is 35.4. The summed E-state index contributed by atoms with van der Waals surface area (Å²) < 4.78 is 0. The summed E-state index contributed by atoms with van der Waals surface area (Å²) in [4.78, 5) is 165. The lowest BCUT2D eigenvalue weighted by atomic mass is 10.0. The van der Waals surface area contributed by atoms with Gasteiger partial charge in [-0.2, -0.15) is 0 Å². The molecule has 0 bridgehead atoms. The fourth-order valence-electron chi connectivity index (χ4n) is 8.33. The number of carbonyl (C=O) groups is 12. The van der Waals surface area contributed by atoms with Crippen LogP contribution < -0.4 is 98.7 Å². The summed E-state index contributed by atoms with van der Waals surface area (Å²) in [7, 11) is 0. The molecule has 1 heterocycles. The summed E-state index contributed by atoms with van der Waals surface area (Å²) in [5.41, 5.74) is 44.0. The number of likely N-dealkylation sites (tertiary alicyclic amines) is 1. The van der Waals surface area contributed by atoms with Gasteiger partial charge in [0.2, 0.25) is 65.0 Å². The Morgan fingerprint density at radius 1 is 0.607 bits per heavy atom. The van der Waals surface area contributed by atoms with Crippen LogP contribution in [0.4, 0.5) is 0 Å². The molecule has 0 aromatic heterocycles. The number of rotatable bonds is 42. The highest BCUT2D eigenvalue weighted by Crippen LogP contribution is 2.20. The van der Waals surface area contributed by atoms with E-state index in [9.17, 15) is 72.9 Å². The molecule has 0 saturated carbocycles. The molecule has 0 aromatic carbocycles. The van der Waals surface area contributed by atoms with Crippen LogP contribution >= 0.6 is 0 Å². The number of amides is 11. The predicted molar refractivity (Wildman–Crippen MR) is 302 cm³/mol. The van der Waals surface area contributed by atoms with Crippen molar-refractivity contribution in [2.24, 2.45) is 50.9 Å². The molecule has 0 unspecified atom stereocenters. The van der Waals surface area contributed by atoms with Gasteiger partial charge in [-0.3, -0.25) is 74.2 Å². The Labute approximate surface area is 486 Å². The van der Waals surface area contributed by atoms with Crippen LogP contribution in [0.25, 0.3) is 0 Å². The number of aliphatic imine (C=N–C) groups is 1. The number of hydrogen-bond acceptors (Lipinski definition) is 18. The van der Waals surface area contributed by atoms with E-state index in [1.165, 1.54) is 11.8 Å². The topological polar surface area (TPSA) is 612 Å². The monoisotopic (exact) mass is 1200 g/mol. The number of primary amides is 1. The second kappa shape index (κ2) is 40.2. The first-order valence-electron chi connectivity index (χ1n) is 27.8. The number of carboxylic acid groups (broad SMARTS) is 1. The van der Waals surface area contributed by atoms with Gasteiger partial charge < -0.3 is 102 Å². The Hall–Kier alpha value is -8.02. The van der Waals surface area contributed by atoms with E-state index in [1.807, 2.05) is 0 Å². The molecule has 10 atom stereocenters. The number of guanidine groups is 2. The summed E-state index contributed by atoms with van der Waals surface area (Å²) >= 11 is 0. The summed E-state index contributed by atoms with van der Waals surface area (Å²) in [5, 5.41) is 51.3. The second-order valence-electron chi connectivity index (χ2n) is 20.0. The third-order valence-corrected chi connectivity index (χ3v) is 13.0. The number of aliphatic carboxylic acids is 1. The van der Waals surface area contributed by atoms with Gasteiger partial charge >= 0.3 is 11.9 Å². The van der Waals surface area contributed by atoms with Crippen LogP contribution in [0.1, 0.15) is 110 Å². The lowest BCUT2D eigenvalue weighted by Crippen LogP contribution is -2.78. The summed E-state index contributed by atoms with van der Waals surface area (Å²) in [6.45, 7) is 1.13. The minimum Gasteiger partial charge on any atom is -0.480 e. The van der Waals surface area contributed by atoms with Crippen molar-refractivity contribution in [1.82, 2.24) is 52.8 Å². The van der Waals surface area contributed by atoms with Crippen molar-refractivity contribution in [3.63, 3.8) is 0 Å². The molecule has 35 nitrogen and oxygen atoms in total. The van der Waals surface area contributed by atoms with Crippen LogP contribution in [0.3, 0.4) is 0 Å². The number of carboxylic acids is 1. The minimum atomic E-state index is -1.68. The number of aliphatic hydroxyl groups is 2. The zero-order chi connectivity index (χ0) is 63.5. The molecular formula is C49H91N20O15+. The van der Waals surface area contributed by atoms with Gasteiger partial charge in [-0.25, -0.2) is 4.79 Å². The Morgan fingerprint density at radius 2 is 1.14 bits per heavy atom. The van der Waals surface area contributed by atoms with E-state index in [0.717, 1.165) is 6.92 Å². The van der Waals surface area contributed by atoms with Gasteiger partial charge in [-0.05, 0) is 110 Å². The van der Waals surface area contributed by atoms with E-state index in [2.05, 4.69) is 57.8 Å². The van der Waals surface area contributed by atoms with Crippen LogP contribution in [-0.4, -0.2) is 216 Å². The van der Waals surface area contributed by atoms with Gasteiger partial charge in [0, 0.05) is 19.5 Å². The van der Waals surface area contributed by atoms with E-state index < -0.39 is 151 Å². The Balaban J connectivity index is 3.17. The molecule has 29 N–H and O–H groups in total. The van der Waals surface area contributed by atoms with Crippen LogP contribution in [0.15, 0.2) is 4.99 Å². The van der Waals surface area contributed by atoms with Crippen molar-refractivity contribution in [2.45, 2.75) is 171 Å². The van der Waals surface area contributed by atoms with Gasteiger partial charge in [0.1, 0.15) is 48.3 Å². The lowest BCUT2D eigenvalue weighted by molar-refractivity contribution is -0.459. The van der Waals surface area contributed by atoms with E-state index in [-0.39, 0.29) is 82.9 Å². The largest absolute Gasteiger partial charge is 0.480 e. The van der Waals surface area contributed by atoms with Crippen LogP contribution in [0.5, 0.6) is 0 Å². The number of nitrogens with zero attached hydrogens (tertiary/aromatic N) is 2. The normalized spacial score (nSPS) is 15.9. The Morgan fingerprint density at radius 3 is 1.71 bits per heavy atom. The summed E-state index contributed by atoms with van der Waals surface area (Å²) in [6.07, 6.45) is 1.15. The first kappa shape index (κ1) is 74.0. The molecule has 0 aromatic rings. The standard InChI is InChI=1S/C49H90N20O15/c1-26(46(82)69-22-10-15-34(69)44(80)65-31(14-9-21-59-49(56)57)41(77)64-30(12-4-7-19-51)42(78)66-32(47(83)84)16-17-35(53)72)62-40(76)29(13-5-8-20-58-48(54)55)63-37(74)24-60-36(73)23-61-45(81)38(27(2)71)68-43(79)33(25-70)67-39(75)28(52)11-3-6-18-50/h26-34,38,70-71H,3-25,50-52H2,1-2H3,(H2,53,72)(H,60,73)(H,61,81)(H,62,76)(H,63,74)(H,64,77)(H,65,80)(H,66,78)(H,67,75)(H,68,79)(H,83,84)(H4,54,55,58)(H4,56,57,59)/p+1/t26-,27+,28-,29-,30-,31-,32-,33-,34-,38-/m0/s1. The number of hydrogen-bond donors (Lipinski definition) is 21. The van der Waals surface area contributed by atoms with Crippen molar-refractivity contribution < 1.29 is 77.8 Å². The minimum absolute atomic E-state index is 0.00410. The number of nitrogens with one attached hydrogen (secondary N) is 10. The van der Waals surface area contributed by atoms with Gasteiger partial charge in [-0.15, -0.1) is 0 Å². The van der Waals surface area contributed by atoms with E-state index in [4.69, 9.17) is 45.9 Å². The van der Waals surface area contributed by atoms with Gasteiger partial charge in [0.25, 0.3) is 0 Å². The molecule has 1 saturated heterocycles. The quantitative estimate of drug-likeness (QED) is 0.0153. The van der Waals surface area contributed by atoms with Crippen LogP contribution in [0, 0.1) is 0 Å². The van der Waals surface area contributed by atoms with Crippen molar-refractivity contribution in [2.75, 3.05) is 52.4 Å². The zero-order valence-corrected chi connectivity index (χ0v) is 47.8. The maximum Gasteiger partial charge on any atom is 0.338 e. The lowest BCUT2D eigenvalue weighted by Gasteiger charge is -2.30. The fraction of sp³-hybridized carbons (Fsp3) is 0.714. The average molecular weight is 1200 g/mol. The summed E-state index contributed by atoms with van der Waals surface area (Å²) in [5.74, 6) is -11.2. The highest BCUT2D eigenvalue weighted by molar-refractivity contribution is 5.98. The van der Waals surface area contributed by atoms with Crippen LogP contribution in [-0.2, 0) is 57.5 Å². The molecule has 35 heteroatoms. The van der Waals surface area contributed by atoms with Gasteiger partial charge in [0.05, 0.1) is 38.4 Å². The molecule has 0 aliphatic carbocycles. The molecular weight excluding hydrogens is 1110 g/mol. The maximum absolute atomic E-state index is 14.1. The van der Waals surface area contributed by atoms with Crippen molar-refractivity contribution >= 4 is 82.9 Å². The molecule has 1 aliphatic heterocycles. The van der Waals surface area contributed by atoms with Gasteiger partial charge in [0.15, 0.2) is 5.96 Å². The zero-order valence-electron chi connectivity index (χ0n) is 47.8. The van der Waals surface area contributed by atoms with Crippen molar-refractivity contribution in [1.29, 1.82) is 0 Å². The van der Waals surface area contributed by atoms with E-state index in [1.54, 1.807) is 0 Å². The van der Waals surface area contributed by atoms with Crippen molar-refractivity contribution in [3.05, 3.63) is 0 Å². The molecule has 0 radical (unpaired) electrons. The first-order chi connectivity index (χ1) is 39.7. The number of carbonyl (C=O) groups excluding carboxylic acids is 11. The van der Waals surface area contributed by atoms with E-state index in [0.29, 0.717) is 58.0 Å². The van der Waals surface area contributed by atoms with E-state index >= 15 is 0 Å². The SMILES string of the molecule is C[C@H](NC(=O)[C@H](CCCC[NH+]=C(N)N)NC(=O)CNC(=O)CNC(=O)[C@@H](NC(=O)[C@H](CO)NC(=O)[C@@H](N)CCCCN)[C@@H](C)O)C(=O)N1CCC[C@H]1C(=O)N[C@@H](CCCN=C(N)N)C(=O)N[C@@H](CCCCN)C(=O)N[C@@H](CCC(N)=O)C(=O)O. The maximum atomic E-state index is 14.1. The smallest absolute Gasteiger partial charge is 0.338 e. The predicted octanol–water partition coefficient (Wildman–Crippen LogP) is -11.5. The highest BCUT2D eigenvalue weighted by Gasteiger charge is 2.39. The van der Waals surface area contributed by atoms with Gasteiger partial charge in [-0.1, -0.05) is 6.42 Å². The molecule has 84 heavy (non-hydrogen) atoms. The second-order valence-corrected chi connectivity index (χ2v) is 20.0. The molecule has 476 valence electrons. The summed E-state index contributed by atoms with van der Waals surface area (Å²) in [6, 6.07) is -12.2. The number of unbranched alkanes of at least 4 members (excludes halogenated alkanes) is 3. The third kappa shape index (κ3) is 29.3. The molecule has 0 spiro atoms. The molecule has 1 fully saturated rings. The highest BCUT2D eigenvalue weighted by atomic mass is 16.4. The Bertz CT molecular complexity index is 2270. The number of nitrogens with two attached hydrogens (primary N) is 8.